The maximum Gasteiger partial charge on any atom is 2.00 e. The zero-order valence-electron chi connectivity index (χ0n) is 6.04. The molecule has 1 aromatic heterocycles. The van der Waals surface area contributed by atoms with Crippen LogP contribution in [0, 0.1) is 0 Å². The Hall–Kier alpha value is -0.681. The van der Waals surface area contributed by atoms with Crippen LogP contribution in [0.4, 0.5) is 0 Å². The van der Waals surface area contributed by atoms with Gasteiger partial charge in [-0.1, -0.05) is 6.07 Å². The smallest absolute Gasteiger partial charge is 1.00 e. The van der Waals surface area contributed by atoms with E-state index in [2.05, 4.69) is 4.98 Å². The molecule has 0 amide bonds. The minimum atomic E-state index is 0. The molecule has 0 spiro atoms. The first kappa shape index (κ1) is 6.32. The second-order valence-electron chi connectivity index (χ2n) is 1.02. The van der Waals surface area contributed by atoms with Gasteiger partial charge in [0.05, 0.1) is 0 Å². The van der Waals surface area contributed by atoms with Crippen molar-refractivity contribution in [1.29, 1.82) is 0 Å². The van der Waals surface area contributed by atoms with Crippen LogP contribution in [-0.2, 0) is 0 Å². The van der Waals surface area contributed by atoms with E-state index in [0.717, 1.165) is 0 Å². The monoisotopic (exact) mass is 90.1 g/mol. The predicted molar refractivity (Wildman–Crippen MR) is 32.2 cm³/mol. The molecule has 34 valence electrons. The summed E-state index contributed by atoms with van der Waals surface area (Å²) in [4.78, 5) is 3.78. The molecule has 0 atom stereocenters. The van der Waals surface area contributed by atoms with Gasteiger partial charge in [0.2, 0.25) is 0 Å². The number of hydrogen-bond acceptors (Lipinski definition) is 1. The summed E-state index contributed by atoms with van der Waals surface area (Å²) >= 11 is 0. The molecule has 0 bridgehead atoms. The van der Waals surface area contributed by atoms with Crippen LogP contribution in [0.1, 0.15) is 2.85 Å². The number of hydrogen-bond donors (Lipinski definition) is 0. The number of rotatable bonds is 0. The maximum atomic E-state index is 3.78. The molecule has 0 saturated heterocycles. The molecule has 0 unspecified atom stereocenters. The second-order valence-corrected chi connectivity index (χ2v) is 1.02. The van der Waals surface area contributed by atoms with Gasteiger partial charge in [0.25, 0.3) is 0 Å². The normalized spacial score (nSPS) is 6.86. The number of nitrogens with zero attached hydrogens (tertiary/aromatic N) is 1. The average Bonchev–Trinajstić information content (AvgIpc) is 1.72. The molecule has 0 radical (unpaired) electrons. The SMILES string of the molecule is [Be+2].[H-].[H-].c1ccncc1. The Bertz CT molecular complexity index is 86.9. The van der Waals surface area contributed by atoms with Crippen LogP contribution in [0.25, 0.3) is 0 Å². The van der Waals surface area contributed by atoms with Crippen molar-refractivity contribution in [3.05, 3.63) is 30.6 Å². The zero-order valence-corrected chi connectivity index (χ0v) is 4.04. The second kappa shape index (κ2) is 3.51. The van der Waals surface area contributed by atoms with E-state index in [4.69, 9.17) is 0 Å². The standard InChI is InChI=1S/C5H5N.Be.2H/c1-2-4-6-5-3-1;;;/h1-5H;;;/q;+2;2*-1. The molecule has 0 saturated carbocycles. The van der Waals surface area contributed by atoms with Gasteiger partial charge in [0.15, 0.2) is 0 Å². The van der Waals surface area contributed by atoms with Gasteiger partial charge in [0, 0.05) is 12.4 Å². The Balaban J connectivity index is -0.000000120. The third-order valence-corrected chi connectivity index (χ3v) is 0.566. The molecule has 1 aromatic rings. The molecule has 0 aliphatic rings. The van der Waals surface area contributed by atoms with Crippen molar-refractivity contribution >= 4 is 10.1 Å². The molecule has 1 rings (SSSR count). The van der Waals surface area contributed by atoms with E-state index >= 15 is 0 Å². The van der Waals surface area contributed by atoms with Gasteiger partial charge in [-0.15, -0.1) is 0 Å². The summed E-state index contributed by atoms with van der Waals surface area (Å²) in [5.74, 6) is 0. The van der Waals surface area contributed by atoms with E-state index in [9.17, 15) is 0 Å². The molecular weight excluding hydrogens is 83.1 g/mol. The molecule has 1 nitrogen and oxygen atoms in total. The first-order chi connectivity index (χ1) is 3.00. The first-order valence-electron chi connectivity index (χ1n) is 1.85. The van der Waals surface area contributed by atoms with E-state index in [1.807, 2.05) is 18.2 Å². The Morgan fingerprint density at radius 1 is 1.00 bits per heavy atom. The fraction of sp³-hybridized carbons (Fsp3) is 0. The molecule has 0 N–H and O–H groups in total. The van der Waals surface area contributed by atoms with E-state index in [1.165, 1.54) is 0 Å². The fourth-order valence-electron chi connectivity index (χ4n) is 0.313. The van der Waals surface area contributed by atoms with E-state index < -0.39 is 0 Å². The fourth-order valence-corrected chi connectivity index (χ4v) is 0.313. The Morgan fingerprint density at radius 2 is 1.57 bits per heavy atom. The third kappa shape index (κ3) is 2.07. The van der Waals surface area contributed by atoms with Gasteiger partial charge < -0.3 is 2.85 Å². The zero-order chi connectivity index (χ0) is 4.24. The summed E-state index contributed by atoms with van der Waals surface area (Å²) in [7, 11) is 0. The van der Waals surface area contributed by atoms with Gasteiger partial charge in [-0.25, -0.2) is 0 Å². The van der Waals surface area contributed by atoms with E-state index in [-0.39, 0.29) is 13.0 Å². The topological polar surface area (TPSA) is 12.9 Å². The number of pyridine rings is 1. The summed E-state index contributed by atoms with van der Waals surface area (Å²) in [6.07, 6.45) is 3.50. The van der Waals surface area contributed by atoms with Crippen LogP contribution in [0.15, 0.2) is 30.6 Å². The molecular formula is C5H7BeN. The van der Waals surface area contributed by atoms with Crippen LogP contribution >= 0.6 is 0 Å². The van der Waals surface area contributed by atoms with Gasteiger partial charge in [-0.2, -0.15) is 0 Å². The van der Waals surface area contributed by atoms with Gasteiger partial charge in [-0.3, -0.25) is 4.98 Å². The minimum Gasteiger partial charge on any atom is -1.00 e. The molecule has 0 aromatic carbocycles. The van der Waals surface area contributed by atoms with E-state index in [1.54, 1.807) is 12.4 Å². The molecule has 0 fully saturated rings. The van der Waals surface area contributed by atoms with Crippen LogP contribution in [0.2, 0.25) is 0 Å². The Morgan fingerprint density at radius 3 is 1.71 bits per heavy atom. The largest absolute Gasteiger partial charge is 2.00 e. The maximum absolute atomic E-state index is 3.78. The van der Waals surface area contributed by atoms with Crippen molar-refractivity contribution in [2.45, 2.75) is 0 Å². The van der Waals surface area contributed by atoms with Gasteiger partial charge in [0.1, 0.15) is 0 Å². The predicted octanol–water partition coefficient (Wildman–Crippen LogP) is 0.926. The van der Waals surface area contributed by atoms with Crippen molar-refractivity contribution in [3.8, 4) is 0 Å². The molecule has 1 heterocycles. The van der Waals surface area contributed by atoms with Crippen LogP contribution in [0.5, 0.6) is 0 Å². The number of aromatic nitrogens is 1. The van der Waals surface area contributed by atoms with Crippen molar-refractivity contribution in [2.75, 3.05) is 0 Å². The Labute approximate surface area is 49.6 Å². The quantitative estimate of drug-likeness (QED) is 0.432. The molecule has 0 aliphatic carbocycles. The minimum absolute atomic E-state index is 0. The molecule has 0 aliphatic heterocycles. The summed E-state index contributed by atoms with van der Waals surface area (Å²) in [6, 6.07) is 5.72. The summed E-state index contributed by atoms with van der Waals surface area (Å²) in [6.45, 7) is 0. The summed E-state index contributed by atoms with van der Waals surface area (Å²) in [5.41, 5.74) is 0. The summed E-state index contributed by atoms with van der Waals surface area (Å²) in [5, 5.41) is 0. The Kier molecular flexibility index (Phi) is 3.17. The van der Waals surface area contributed by atoms with Crippen molar-refractivity contribution in [1.82, 2.24) is 4.98 Å². The van der Waals surface area contributed by atoms with Crippen molar-refractivity contribution < 1.29 is 2.85 Å². The third-order valence-electron chi connectivity index (χ3n) is 0.566. The van der Waals surface area contributed by atoms with Gasteiger partial charge in [-0.05, 0) is 12.1 Å². The molecule has 7 heavy (non-hydrogen) atoms. The van der Waals surface area contributed by atoms with Crippen LogP contribution in [-0.4, -0.2) is 15.1 Å². The van der Waals surface area contributed by atoms with E-state index in [0.29, 0.717) is 0 Å². The first-order valence-corrected chi connectivity index (χ1v) is 1.85. The van der Waals surface area contributed by atoms with Crippen LogP contribution < -0.4 is 0 Å². The van der Waals surface area contributed by atoms with Crippen molar-refractivity contribution in [2.24, 2.45) is 0 Å². The summed E-state index contributed by atoms with van der Waals surface area (Å²) < 4.78 is 0. The van der Waals surface area contributed by atoms with Crippen molar-refractivity contribution in [3.63, 3.8) is 0 Å². The van der Waals surface area contributed by atoms with Crippen LogP contribution in [0.3, 0.4) is 0 Å². The molecule has 2 heteroatoms. The van der Waals surface area contributed by atoms with Gasteiger partial charge >= 0.3 is 10.1 Å². The average molecular weight is 90.1 g/mol.